The number of hydrogen-bond acceptors (Lipinski definition) is 1. The molecule has 0 radical (unpaired) electrons. The summed E-state index contributed by atoms with van der Waals surface area (Å²) in [6.45, 7) is 6.86. The molecule has 1 aromatic carbocycles. The first kappa shape index (κ1) is 16.8. The summed E-state index contributed by atoms with van der Waals surface area (Å²) in [6, 6.07) is 5.00. The van der Waals surface area contributed by atoms with Gasteiger partial charge in [0.15, 0.2) is 0 Å². The molecular formula is C18H26ClFO. The summed E-state index contributed by atoms with van der Waals surface area (Å²) in [5.74, 6) is 0.618. The highest BCUT2D eigenvalue weighted by Crippen LogP contribution is 2.41. The van der Waals surface area contributed by atoms with Crippen molar-refractivity contribution in [1.82, 2.24) is 0 Å². The molecule has 118 valence electrons. The van der Waals surface area contributed by atoms with E-state index in [0.717, 1.165) is 31.6 Å². The van der Waals surface area contributed by atoms with E-state index in [1.807, 2.05) is 0 Å². The zero-order valence-electron chi connectivity index (χ0n) is 13.2. The molecule has 1 aromatic rings. The lowest BCUT2D eigenvalue weighted by Crippen LogP contribution is -2.31. The van der Waals surface area contributed by atoms with Crippen LogP contribution in [0.15, 0.2) is 18.2 Å². The minimum absolute atomic E-state index is 0.135. The van der Waals surface area contributed by atoms with E-state index in [9.17, 15) is 9.50 Å². The number of rotatable bonds is 3. The molecule has 1 N–H and O–H groups in total. The molecule has 1 unspecified atom stereocenters. The van der Waals surface area contributed by atoms with Crippen molar-refractivity contribution in [3.05, 3.63) is 34.6 Å². The fourth-order valence-corrected chi connectivity index (χ4v) is 3.66. The van der Waals surface area contributed by atoms with Gasteiger partial charge in [-0.15, -0.1) is 0 Å². The Labute approximate surface area is 132 Å². The van der Waals surface area contributed by atoms with Gasteiger partial charge < -0.3 is 5.11 Å². The minimum atomic E-state index is -0.473. The van der Waals surface area contributed by atoms with Crippen LogP contribution in [0, 0.1) is 23.1 Å². The number of hydrogen-bond donors (Lipinski definition) is 1. The van der Waals surface area contributed by atoms with Crippen molar-refractivity contribution in [3.63, 3.8) is 0 Å². The molecule has 0 saturated heterocycles. The van der Waals surface area contributed by atoms with E-state index in [4.69, 9.17) is 11.6 Å². The predicted molar refractivity (Wildman–Crippen MR) is 86.0 cm³/mol. The van der Waals surface area contributed by atoms with Crippen molar-refractivity contribution in [2.75, 3.05) is 0 Å². The first-order valence-corrected chi connectivity index (χ1v) is 8.27. The SMILES string of the molecule is CC(C)(C)C1CCC(C(O)Cc2cccc(Cl)c2F)CC1. The van der Waals surface area contributed by atoms with Crippen LogP contribution >= 0.6 is 11.6 Å². The molecule has 2 rings (SSSR count). The van der Waals surface area contributed by atoms with Crippen LogP contribution in [-0.4, -0.2) is 11.2 Å². The van der Waals surface area contributed by atoms with Crippen molar-refractivity contribution >= 4 is 11.6 Å². The Bertz CT molecular complexity index is 473. The summed E-state index contributed by atoms with van der Waals surface area (Å²) >= 11 is 5.80. The van der Waals surface area contributed by atoms with Gasteiger partial charge in [0.2, 0.25) is 0 Å². The Kier molecular flexibility index (Phi) is 5.32. The molecule has 1 saturated carbocycles. The van der Waals surface area contributed by atoms with Gasteiger partial charge in [0.1, 0.15) is 5.82 Å². The van der Waals surface area contributed by atoms with E-state index in [0.29, 0.717) is 17.4 Å². The van der Waals surface area contributed by atoms with Crippen molar-refractivity contribution in [2.24, 2.45) is 17.3 Å². The van der Waals surface area contributed by atoms with Crippen LogP contribution < -0.4 is 0 Å². The summed E-state index contributed by atoms with van der Waals surface area (Å²) in [7, 11) is 0. The van der Waals surface area contributed by atoms with Crippen LogP contribution in [0.1, 0.15) is 52.0 Å². The second-order valence-electron chi connectivity index (χ2n) is 7.46. The third-order valence-corrected chi connectivity index (χ3v) is 5.29. The highest BCUT2D eigenvalue weighted by atomic mass is 35.5. The van der Waals surface area contributed by atoms with Crippen molar-refractivity contribution in [3.8, 4) is 0 Å². The van der Waals surface area contributed by atoms with E-state index in [-0.39, 0.29) is 16.8 Å². The van der Waals surface area contributed by atoms with Gasteiger partial charge in [-0.25, -0.2) is 4.39 Å². The Morgan fingerprint density at radius 3 is 2.43 bits per heavy atom. The lowest BCUT2D eigenvalue weighted by molar-refractivity contribution is 0.0532. The summed E-state index contributed by atoms with van der Waals surface area (Å²) < 4.78 is 13.9. The van der Waals surface area contributed by atoms with E-state index in [1.54, 1.807) is 18.2 Å². The normalized spacial score (nSPS) is 24.9. The quantitative estimate of drug-likeness (QED) is 0.809. The zero-order chi connectivity index (χ0) is 15.6. The first-order valence-electron chi connectivity index (χ1n) is 7.90. The molecule has 0 spiro atoms. The minimum Gasteiger partial charge on any atom is -0.392 e. The molecule has 0 amide bonds. The highest BCUT2D eigenvalue weighted by Gasteiger charge is 2.32. The molecule has 1 atom stereocenters. The third-order valence-electron chi connectivity index (χ3n) is 5.00. The molecule has 21 heavy (non-hydrogen) atoms. The fourth-order valence-electron chi connectivity index (χ4n) is 3.47. The second-order valence-corrected chi connectivity index (χ2v) is 7.87. The van der Waals surface area contributed by atoms with E-state index in [2.05, 4.69) is 20.8 Å². The Morgan fingerprint density at radius 1 is 1.24 bits per heavy atom. The summed E-state index contributed by atoms with van der Waals surface area (Å²) in [6.07, 6.45) is 4.26. The Morgan fingerprint density at radius 2 is 1.86 bits per heavy atom. The smallest absolute Gasteiger partial charge is 0.145 e. The average Bonchev–Trinajstić information content (AvgIpc) is 2.43. The van der Waals surface area contributed by atoms with E-state index < -0.39 is 6.10 Å². The monoisotopic (exact) mass is 312 g/mol. The van der Waals surface area contributed by atoms with Gasteiger partial charge >= 0.3 is 0 Å². The number of aliphatic hydroxyl groups excluding tert-OH is 1. The summed E-state index contributed by atoms with van der Waals surface area (Å²) in [4.78, 5) is 0. The molecule has 1 nitrogen and oxygen atoms in total. The Balaban J connectivity index is 1.93. The largest absolute Gasteiger partial charge is 0.392 e. The van der Waals surface area contributed by atoms with Crippen molar-refractivity contribution in [1.29, 1.82) is 0 Å². The van der Waals surface area contributed by atoms with Crippen LogP contribution in [0.4, 0.5) is 4.39 Å². The van der Waals surface area contributed by atoms with E-state index in [1.165, 1.54) is 0 Å². The lowest BCUT2D eigenvalue weighted by Gasteiger charge is -2.38. The molecule has 0 aliphatic heterocycles. The van der Waals surface area contributed by atoms with Gasteiger partial charge in [0, 0.05) is 6.42 Å². The second kappa shape index (κ2) is 6.66. The predicted octanol–water partition coefficient (Wildman–Crippen LogP) is 5.24. The van der Waals surface area contributed by atoms with Gasteiger partial charge in [0.05, 0.1) is 11.1 Å². The van der Waals surface area contributed by atoms with Crippen LogP contribution in [0.5, 0.6) is 0 Å². The highest BCUT2D eigenvalue weighted by molar-refractivity contribution is 6.30. The lowest BCUT2D eigenvalue weighted by atomic mass is 9.68. The first-order chi connectivity index (χ1) is 9.79. The maximum absolute atomic E-state index is 13.9. The van der Waals surface area contributed by atoms with Gasteiger partial charge in [-0.2, -0.15) is 0 Å². The average molecular weight is 313 g/mol. The van der Waals surface area contributed by atoms with Crippen LogP contribution in [0.25, 0.3) is 0 Å². The fraction of sp³-hybridized carbons (Fsp3) is 0.667. The van der Waals surface area contributed by atoms with Gasteiger partial charge in [-0.1, -0.05) is 44.5 Å². The molecule has 1 fully saturated rings. The molecular weight excluding hydrogens is 287 g/mol. The zero-order valence-corrected chi connectivity index (χ0v) is 14.0. The van der Waals surface area contributed by atoms with Gasteiger partial charge in [0.25, 0.3) is 0 Å². The molecule has 0 heterocycles. The summed E-state index contributed by atoms with van der Waals surface area (Å²) in [5, 5.41) is 10.6. The molecule has 0 aromatic heterocycles. The van der Waals surface area contributed by atoms with Gasteiger partial charge in [-0.05, 0) is 54.6 Å². The molecule has 0 bridgehead atoms. The van der Waals surface area contributed by atoms with Crippen molar-refractivity contribution in [2.45, 2.75) is 59.0 Å². The molecule has 1 aliphatic rings. The maximum Gasteiger partial charge on any atom is 0.145 e. The van der Waals surface area contributed by atoms with Crippen LogP contribution in [0.3, 0.4) is 0 Å². The van der Waals surface area contributed by atoms with Gasteiger partial charge in [-0.3, -0.25) is 0 Å². The van der Waals surface area contributed by atoms with Crippen molar-refractivity contribution < 1.29 is 9.50 Å². The topological polar surface area (TPSA) is 20.2 Å². The maximum atomic E-state index is 13.9. The number of aliphatic hydroxyl groups is 1. The molecule has 3 heteroatoms. The third kappa shape index (κ3) is 4.20. The number of benzene rings is 1. The van der Waals surface area contributed by atoms with Crippen LogP contribution in [-0.2, 0) is 6.42 Å². The number of halogens is 2. The Hall–Kier alpha value is -0.600. The van der Waals surface area contributed by atoms with E-state index >= 15 is 0 Å². The van der Waals surface area contributed by atoms with Crippen LogP contribution in [0.2, 0.25) is 5.02 Å². The molecule has 1 aliphatic carbocycles. The summed E-state index contributed by atoms with van der Waals surface area (Å²) in [5.41, 5.74) is 0.863. The standard InChI is InChI=1S/C18H26ClFO/c1-18(2,3)14-9-7-12(8-10-14)16(21)11-13-5-4-6-15(19)17(13)20/h4-6,12,14,16,21H,7-11H2,1-3H3.